The maximum atomic E-state index is 14.0. The predicted molar refractivity (Wildman–Crippen MR) is 62.8 cm³/mol. The van der Waals surface area contributed by atoms with E-state index < -0.39 is 0 Å². The Bertz CT molecular complexity index is 346. The molecule has 2 heterocycles. The smallest absolute Gasteiger partial charge is 0.170 e. The molecule has 3 nitrogen and oxygen atoms in total. The summed E-state index contributed by atoms with van der Waals surface area (Å²) in [6, 6.07) is 1.65. The SMILES string of the molecule is NCc1ccnc(N2CCCCCC2)c1F. The molecule has 0 aliphatic carbocycles. The molecular weight excluding hydrogens is 205 g/mol. The maximum absolute atomic E-state index is 14.0. The Balaban J connectivity index is 2.24. The summed E-state index contributed by atoms with van der Waals surface area (Å²) < 4.78 is 14.0. The Morgan fingerprint density at radius 3 is 2.56 bits per heavy atom. The number of halogens is 1. The fraction of sp³-hybridized carbons (Fsp3) is 0.583. The average Bonchev–Trinajstić information content (AvgIpc) is 2.58. The van der Waals surface area contributed by atoms with Crippen molar-refractivity contribution in [3.8, 4) is 0 Å². The summed E-state index contributed by atoms with van der Waals surface area (Å²) in [5.41, 5.74) is 6.04. The zero-order valence-electron chi connectivity index (χ0n) is 9.45. The fourth-order valence-electron chi connectivity index (χ4n) is 2.13. The van der Waals surface area contributed by atoms with Gasteiger partial charge in [-0.05, 0) is 18.9 Å². The molecule has 1 fully saturated rings. The molecule has 1 aromatic rings. The highest BCUT2D eigenvalue weighted by molar-refractivity contribution is 5.43. The standard InChI is InChI=1S/C12H18FN3/c13-11-10(9-14)5-6-15-12(11)16-7-3-1-2-4-8-16/h5-6H,1-4,7-9,14H2. The number of hydrogen-bond acceptors (Lipinski definition) is 3. The summed E-state index contributed by atoms with van der Waals surface area (Å²) in [6.07, 6.45) is 6.34. The van der Waals surface area contributed by atoms with Crippen LogP contribution in [0.5, 0.6) is 0 Å². The van der Waals surface area contributed by atoms with E-state index in [-0.39, 0.29) is 12.4 Å². The number of pyridine rings is 1. The molecule has 1 saturated heterocycles. The molecule has 0 aromatic carbocycles. The average molecular weight is 223 g/mol. The Kier molecular flexibility index (Phi) is 3.72. The first-order valence-electron chi connectivity index (χ1n) is 5.91. The van der Waals surface area contributed by atoms with Gasteiger partial charge in [0.25, 0.3) is 0 Å². The van der Waals surface area contributed by atoms with Crippen LogP contribution in [0.15, 0.2) is 12.3 Å². The van der Waals surface area contributed by atoms with E-state index >= 15 is 0 Å². The monoisotopic (exact) mass is 223 g/mol. The van der Waals surface area contributed by atoms with E-state index in [2.05, 4.69) is 4.98 Å². The molecule has 0 unspecified atom stereocenters. The zero-order chi connectivity index (χ0) is 11.4. The summed E-state index contributed by atoms with van der Waals surface area (Å²) in [4.78, 5) is 6.19. The minimum absolute atomic E-state index is 0.231. The molecule has 2 rings (SSSR count). The lowest BCUT2D eigenvalue weighted by Gasteiger charge is -2.22. The van der Waals surface area contributed by atoms with Crippen LogP contribution in [0, 0.1) is 5.82 Å². The van der Waals surface area contributed by atoms with Gasteiger partial charge in [0.05, 0.1) is 0 Å². The van der Waals surface area contributed by atoms with Crippen molar-refractivity contribution in [3.63, 3.8) is 0 Å². The number of hydrogen-bond donors (Lipinski definition) is 1. The Morgan fingerprint density at radius 2 is 1.94 bits per heavy atom. The molecule has 1 aromatic heterocycles. The van der Waals surface area contributed by atoms with Gasteiger partial charge in [0.1, 0.15) is 0 Å². The van der Waals surface area contributed by atoms with E-state index in [1.165, 1.54) is 12.8 Å². The second-order valence-corrected chi connectivity index (χ2v) is 4.21. The van der Waals surface area contributed by atoms with Gasteiger partial charge in [0, 0.05) is 31.4 Å². The molecule has 0 saturated carbocycles. The van der Waals surface area contributed by atoms with Crippen LogP contribution in [0.2, 0.25) is 0 Å². The number of nitrogens with zero attached hydrogens (tertiary/aromatic N) is 2. The molecule has 0 radical (unpaired) electrons. The lowest BCUT2D eigenvalue weighted by Crippen LogP contribution is -2.26. The van der Waals surface area contributed by atoms with Gasteiger partial charge >= 0.3 is 0 Å². The highest BCUT2D eigenvalue weighted by Gasteiger charge is 2.16. The van der Waals surface area contributed by atoms with Crippen LogP contribution in [-0.2, 0) is 6.54 Å². The minimum atomic E-state index is -0.244. The normalized spacial score (nSPS) is 17.2. The van der Waals surface area contributed by atoms with Crippen molar-refractivity contribution in [1.82, 2.24) is 4.98 Å². The fourth-order valence-corrected chi connectivity index (χ4v) is 2.13. The van der Waals surface area contributed by atoms with E-state index in [1.54, 1.807) is 12.3 Å². The van der Waals surface area contributed by atoms with Gasteiger partial charge in [0.2, 0.25) is 0 Å². The number of rotatable bonds is 2. The van der Waals surface area contributed by atoms with Crippen LogP contribution in [0.4, 0.5) is 10.2 Å². The van der Waals surface area contributed by atoms with Crippen LogP contribution in [0.25, 0.3) is 0 Å². The summed E-state index contributed by atoms with van der Waals surface area (Å²) in [7, 11) is 0. The van der Waals surface area contributed by atoms with Crippen LogP contribution < -0.4 is 10.6 Å². The van der Waals surface area contributed by atoms with Gasteiger partial charge in [-0.15, -0.1) is 0 Å². The third-order valence-electron chi connectivity index (χ3n) is 3.08. The van der Waals surface area contributed by atoms with Crippen LogP contribution >= 0.6 is 0 Å². The van der Waals surface area contributed by atoms with Crippen molar-refractivity contribution in [3.05, 3.63) is 23.6 Å². The van der Waals surface area contributed by atoms with Gasteiger partial charge in [-0.1, -0.05) is 12.8 Å². The third kappa shape index (κ3) is 2.32. The van der Waals surface area contributed by atoms with Crippen molar-refractivity contribution < 1.29 is 4.39 Å². The maximum Gasteiger partial charge on any atom is 0.170 e. The lowest BCUT2D eigenvalue weighted by molar-refractivity contribution is 0.593. The largest absolute Gasteiger partial charge is 0.354 e. The van der Waals surface area contributed by atoms with Gasteiger partial charge in [-0.25, -0.2) is 9.37 Å². The first-order chi connectivity index (χ1) is 7.83. The molecule has 0 atom stereocenters. The first-order valence-corrected chi connectivity index (χ1v) is 5.91. The minimum Gasteiger partial charge on any atom is -0.354 e. The van der Waals surface area contributed by atoms with Crippen molar-refractivity contribution in [2.24, 2.45) is 5.73 Å². The molecule has 0 spiro atoms. The third-order valence-corrected chi connectivity index (χ3v) is 3.08. The molecule has 16 heavy (non-hydrogen) atoms. The number of anilines is 1. The molecule has 1 aliphatic heterocycles. The van der Waals surface area contributed by atoms with Crippen molar-refractivity contribution in [2.45, 2.75) is 32.2 Å². The van der Waals surface area contributed by atoms with Crippen molar-refractivity contribution in [1.29, 1.82) is 0 Å². The molecule has 1 aliphatic rings. The van der Waals surface area contributed by atoms with E-state index in [9.17, 15) is 4.39 Å². The molecule has 4 heteroatoms. The molecule has 2 N–H and O–H groups in total. The van der Waals surface area contributed by atoms with Gasteiger partial charge in [-0.2, -0.15) is 0 Å². The van der Waals surface area contributed by atoms with Crippen LogP contribution in [0.3, 0.4) is 0 Å². The predicted octanol–water partition coefficient (Wildman–Crippen LogP) is 2.06. The summed E-state index contributed by atoms with van der Waals surface area (Å²) in [6.45, 7) is 2.03. The Labute approximate surface area is 95.5 Å². The highest BCUT2D eigenvalue weighted by Crippen LogP contribution is 2.22. The van der Waals surface area contributed by atoms with E-state index in [4.69, 9.17) is 5.73 Å². The van der Waals surface area contributed by atoms with E-state index in [0.717, 1.165) is 25.9 Å². The van der Waals surface area contributed by atoms with Gasteiger partial charge in [0.15, 0.2) is 11.6 Å². The quantitative estimate of drug-likeness (QED) is 0.834. The van der Waals surface area contributed by atoms with E-state index in [0.29, 0.717) is 11.4 Å². The van der Waals surface area contributed by atoms with Crippen molar-refractivity contribution >= 4 is 5.82 Å². The second kappa shape index (κ2) is 5.25. The lowest BCUT2D eigenvalue weighted by atomic mass is 10.2. The zero-order valence-corrected chi connectivity index (χ0v) is 9.45. The molecule has 88 valence electrons. The van der Waals surface area contributed by atoms with Crippen LogP contribution in [0.1, 0.15) is 31.2 Å². The summed E-state index contributed by atoms with van der Waals surface area (Å²) >= 11 is 0. The first kappa shape index (κ1) is 11.3. The number of aromatic nitrogens is 1. The summed E-state index contributed by atoms with van der Waals surface area (Å²) in [5, 5.41) is 0. The Morgan fingerprint density at radius 1 is 1.25 bits per heavy atom. The van der Waals surface area contributed by atoms with Crippen LogP contribution in [-0.4, -0.2) is 18.1 Å². The summed E-state index contributed by atoms with van der Waals surface area (Å²) in [5.74, 6) is 0.233. The van der Waals surface area contributed by atoms with Crippen molar-refractivity contribution in [2.75, 3.05) is 18.0 Å². The second-order valence-electron chi connectivity index (χ2n) is 4.21. The Hall–Kier alpha value is -1.16. The molecular formula is C12H18FN3. The van der Waals surface area contributed by atoms with Gasteiger partial charge < -0.3 is 10.6 Å². The van der Waals surface area contributed by atoms with Gasteiger partial charge in [-0.3, -0.25) is 0 Å². The topological polar surface area (TPSA) is 42.1 Å². The number of nitrogens with two attached hydrogens (primary N) is 1. The van der Waals surface area contributed by atoms with E-state index in [1.807, 2.05) is 4.90 Å². The molecule has 0 bridgehead atoms. The highest BCUT2D eigenvalue weighted by atomic mass is 19.1. The molecule has 0 amide bonds.